The zero-order valence-electron chi connectivity index (χ0n) is 11.7. The van der Waals surface area contributed by atoms with Gasteiger partial charge in [-0.2, -0.15) is 0 Å². The predicted molar refractivity (Wildman–Crippen MR) is 64.3 cm³/mol. The fourth-order valence-electron chi connectivity index (χ4n) is 1.98. The Morgan fingerprint density at radius 2 is 1.35 bits per heavy atom. The Kier molecular flexibility index (Phi) is 5.06. The number of rotatable bonds is 3. The van der Waals surface area contributed by atoms with Crippen molar-refractivity contribution < 1.29 is 33.4 Å². The molecule has 1 aliphatic heterocycles. The molecular weight excluding hydrogens is 270 g/mol. The van der Waals surface area contributed by atoms with Crippen molar-refractivity contribution in [2.75, 3.05) is 0 Å². The van der Waals surface area contributed by atoms with Gasteiger partial charge in [-0.25, -0.2) is 0 Å². The number of ether oxygens (including phenoxy) is 3. The number of piperidine rings is 1. The minimum Gasteiger partial charge on any atom is -0.456 e. The Labute approximate surface area is 115 Å². The Morgan fingerprint density at radius 3 is 1.80 bits per heavy atom. The summed E-state index contributed by atoms with van der Waals surface area (Å²) in [6.07, 6.45) is -3.46. The van der Waals surface area contributed by atoms with Gasteiger partial charge >= 0.3 is 17.9 Å². The fraction of sp³-hybridized carbons (Fsp3) is 0.667. The zero-order chi connectivity index (χ0) is 15.4. The molecule has 1 aliphatic rings. The van der Waals surface area contributed by atoms with Crippen LogP contribution >= 0.6 is 0 Å². The van der Waals surface area contributed by atoms with E-state index in [-0.39, 0.29) is 0 Å². The van der Waals surface area contributed by atoms with Gasteiger partial charge in [0.1, 0.15) is 0 Å². The molecule has 8 heteroatoms. The SMILES string of the molecule is CC(=O)O[C@H]1[C@H](OC(C)=O)[C@@H](OC(C)=O)C(=O)N[C@@H]1C. The first kappa shape index (κ1) is 15.9. The van der Waals surface area contributed by atoms with Crippen molar-refractivity contribution in [2.45, 2.75) is 52.0 Å². The van der Waals surface area contributed by atoms with E-state index < -0.39 is 48.2 Å². The van der Waals surface area contributed by atoms with Gasteiger partial charge < -0.3 is 19.5 Å². The van der Waals surface area contributed by atoms with Crippen LogP contribution in [-0.4, -0.2) is 48.2 Å². The molecule has 1 heterocycles. The number of hydrogen-bond acceptors (Lipinski definition) is 7. The summed E-state index contributed by atoms with van der Waals surface area (Å²) >= 11 is 0. The second-order valence-electron chi connectivity index (χ2n) is 4.48. The van der Waals surface area contributed by atoms with Crippen LogP contribution in [0.3, 0.4) is 0 Å². The molecule has 1 rings (SSSR count). The Hall–Kier alpha value is -2.12. The first-order valence-corrected chi connectivity index (χ1v) is 6.04. The molecular formula is C12H17NO7. The Balaban J connectivity index is 3.05. The average Bonchev–Trinajstić information content (AvgIpc) is 2.27. The predicted octanol–water partition coefficient (Wildman–Crippen LogP) is -0.700. The molecule has 0 spiro atoms. The van der Waals surface area contributed by atoms with Crippen LogP contribution in [0.25, 0.3) is 0 Å². The van der Waals surface area contributed by atoms with E-state index in [0.29, 0.717) is 0 Å². The summed E-state index contributed by atoms with van der Waals surface area (Å²) in [6.45, 7) is 5.05. The van der Waals surface area contributed by atoms with Gasteiger partial charge in [-0.05, 0) is 6.92 Å². The highest BCUT2D eigenvalue weighted by Crippen LogP contribution is 2.21. The Morgan fingerprint density at radius 1 is 0.900 bits per heavy atom. The van der Waals surface area contributed by atoms with Crippen molar-refractivity contribution in [3.05, 3.63) is 0 Å². The van der Waals surface area contributed by atoms with Gasteiger partial charge in [-0.3, -0.25) is 19.2 Å². The smallest absolute Gasteiger partial charge is 0.303 e. The normalized spacial score (nSPS) is 29.1. The largest absolute Gasteiger partial charge is 0.456 e. The molecule has 0 unspecified atom stereocenters. The van der Waals surface area contributed by atoms with E-state index in [0.717, 1.165) is 13.8 Å². The molecule has 0 aromatic heterocycles. The summed E-state index contributed by atoms with van der Waals surface area (Å²) in [7, 11) is 0. The molecule has 0 aliphatic carbocycles. The quantitative estimate of drug-likeness (QED) is 0.540. The van der Waals surface area contributed by atoms with Gasteiger partial charge in [0.2, 0.25) is 6.10 Å². The molecule has 1 amide bonds. The molecule has 4 atom stereocenters. The highest BCUT2D eigenvalue weighted by Gasteiger charge is 2.48. The molecule has 1 saturated heterocycles. The van der Waals surface area contributed by atoms with Crippen LogP contribution in [0.1, 0.15) is 27.7 Å². The zero-order valence-corrected chi connectivity index (χ0v) is 11.7. The summed E-state index contributed by atoms with van der Waals surface area (Å²) in [4.78, 5) is 45.2. The number of nitrogens with one attached hydrogen (secondary N) is 1. The van der Waals surface area contributed by atoms with Crippen LogP contribution in [0, 0.1) is 0 Å². The lowest BCUT2D eigenvalue weighted by Crippen LogP contribution is -2.64. The summed E-state index contributed by atoms with van der Waals surface area (Å²) in [5.74, 6) is -2.59. The Bertz CT molecular complexity index is 434. The second kappa shape index (κ2) is 6.36. The summed E-state index contributed by atoms with van der Waals surface area (Å²) in [5, 5.41) is 2.51. The second-order valence-corrected chi connectivity index (χ2v) is 4.48. The number of esters is 3. The maximum atomic E-state index is 11.8. The topological polar surface area (TPSA) is 108 Å². The standard InChI is InChI=1S/C12H17NO7/c1-5-9(18-6(2)14)10(19-7(3)15)11(12(17)13-5)20-8(4)16/h5,9-11H,1-4H3,(H,13,17)/t5-,9-,10+,11-/m1/s1. The van der Waals surface area contributed by atoms with Gasteiger partial charge in [0.15, 0.2) is 12.2 Å². The third kappa shape index (κ3) is 3.94. The van der Waals surface area contributed by atoms with Crippen LogP contribution in [0.5, 0.6) is 0 Å². The number of hydrogen-bond donors (Lipinski definition) is 1. The van der Waals surface area contributed by atoms with Crippen LogP contribution < -0.4 is 5.32 Å². The molecule has 1 N–H and O–H groups in total. The molecule has 1 fully saturated rings. The van der Waals surface area contributed by atoms with Gasteiger partial charge in [-0.1, -0.05) is 0 Å². The molecule has 0 radical (unpaired) electrons. The highest BCUT2D eigenvalue weighted by atomic mass is 16.6. The lowest BCUT2D eigenvalue weighted by Gasteiger charge is -2.39. The van der Waals surface area contributed by atoms with Crippen LogP contribution in [0.4, 0.5) is 0 Å². The minimum atomic E-state index is -1.35. The maximum Gasteiger partial charge on any atom is 0.303 e. The van der Waals surface area contributed by atoms with Gasteiger partial charge in [0, 0.05) is 20.8 Å². The van der Waals surface area contributed by atoms with E-state index >= 15 is 0 Å². The van der Waals surface area contributed by atoms with E-state index in [1.165, 1.54) is 6.92 Å². The highest BCUT2D eigenvalue weighted by molar-refractivity contribution is 5.86. The van der Waals surface area contributed by atoms with E-state index in [2.05, 4.69) is 5.32 Å². The van der Waals surface area contributed by atoms with E-state index in [9.17, 15) is 19.2 Å². The molecule has 8 nitrogen and oxygen atoms in total. The van der Waals surface area contributed by atoms with Crippen molar-refractivity contribution in [1.29, 1.82) is 0 Å². The van der Waals surface area contributed by atoms with E-state index in [1.54, 1.807) is 6.92 Å². The maximum absolute atomic E-state index is 11.8. The fourth-order valence-corrected chi connectivity index (χ4v) is 1.98. The van der Waals surface area contributed by atoms with Crippen LogP contribution in [0.15, 0.2) is 0 Å². The molecule has 20 heavy (non-hydrogen) atoms. The molecule has 112 valence electrons. The number of carbonyl (C=O) groups excluding carboxylic acids is 4. The van der Waals surface area contributed by atoms with Gasteiger partial charge in [-0.15, -0.1) is 0 Å². The van der Waals surface area contributed by atoms with Gasteiger partial charge in [0.05, 0.1) is 6.04 Å². The number of amides is 1. The molecule has 0 bridgehead atoms. The molecule has 0 saturated carbocycles. The first-order valence-electron chi connectivity index (χ1n) is 6.04. The monoisotopic (exact) mass is 287 g/mol. The number of carbonyl (C=O) groups is 4. The average molecular weight is 287 g/mol. The summed E-state index contributed by atoms with van der Waals surface area (Å²) in [5.41, 5.74) is 0. The molecule has 0 aromatic rings. The summed E-state index contributed by atoms with van der Waals surface area (Å²) < 4.78 is 14.9. The minimum absolute atomic E-state index is 0.581. The van der Waals surface area contributed by atoms with Crippen molar-refractivity contribution in [1.82, 2.24) is 5.32 Å². The van der Waals surface area contributed by atoms with E-state index in [1.807, 2.05) is 0 Å². The lowest BCUT2D eigenvalue weighted by molar-refractivity contribution is -0.194. The first-order chi connectivity index (χ1) is 9.22. The van der Waals surface area contributed by atoms with Gasteiger partial charge in [0.25, 0.3) is 5.91 Å². The molecule has 0 aromatic carbocycles. The van der Waals surface area contributed by atoms with Crippen molar-refractivity contribution in [2.24, 2.45) is 0 Å². The summed E-state index contributed by atoms with van der Waals surface area (Å²) in [6, 6.07) is -0.581. The lowest BCUT2D eigenvalue weighted by atomic mass is 9.96. The van der Waals surface area contributed by atoms with E-state index in [4.69, 9.17) is 14.2 Å². The van der Waals surface area contributed by atoms with Crippen molar-refractivity contribution >= 4 is 23.8 Å². The van der Waals surface area contributed by atoms with Crippen molar-refractivity contribution in [3.63, 3.8) is 0 Å². The van der Waals surface area contributed by atoms with Crippen molar-refractivity contribution in [3.8, 4) is 0 Å². The van der Waals surface area contributed by atoms with Crippen LogP contribution in [0.2, 0.25) is 0 Å². The third-order valence-corrected chi connectivity index (χ3v) is 2.64. The van der Waals surface area contributed by atoms with Crippen LogP contribution in [-0.2, 0) is 33.4 Å². The third-order valence-electron chi connectivity index (χ3n) is 2.64.